The maximum Gasteiger partial charge on any atom is 0.323 e. The van der Waals surface area contributed by atoms with E-state index in [0.29, 0.717) is 13.0 Å². The number of rotatable bonds is 0. The van der Waals surface area contributed by atoms with Crippen molar-refractivity contribution in [3.05, 3.63) is 11.6 Å². The van der Waals surface area contributed by atoms with Crippen molar-refractivity contribution in [3.8, 4) is 0 Å². The molecule has 2 saturated heterocycles. The standard InChI is InChI=1S/C15H18O5/c1-14(2)8-4-3-7-6-19-12-11(7)15(8,13(18)20-12)10(17)5-9(14)16/h3,8-9,11-12,16H,4-6H2,1-2H3/t8-,9+,11-,12-,15+/m0/s1. The van der Waals surface area contributed by atoms with E-state index in [-0.39, 0.29) is 24.0 Å². The van der Waals surface area contributed by atoms with Crippen molar-refractivity contribution in [3.63, 3.8) is 0 Å². The van der Waals surface area contributed by atoms with Crippen molar-refractivity contribution in [1.82, 2.24) is 0 Å². The van der Waals surface area contributed by atoms with Crippen molar-refractivity contribution in [2.75, 3.05) is 6.61 Å². The van der Waals surface area contributed by atoms with Gasteiger partial charge in [-0.15, -0.1) is 0 Å². The first-order valence-corrected chi connectivity index (χ1v) is 7.13. The Morgan fingerprint density at radius 1 is 1.35 bits per heavy atom. The van der Waals surface area contributed by atoms with Gasteiger partial charge < -0.3 is 14.6 Å². The Morgan fingerprint density at radius 3 is 2.85 bits per heavy atom. The molecule has 5 heteroatoms. The normalized spacial score (nSPS) is 48.5. The predicted molar refractivity (Wildman–Crippen MR) is 67.4 cm³/mol. The summed E-state index contributed by atoms with van der Waals surface area (Å²) in [5.41, 5.74) is -0.613. The molecule has 108 valence electrons. The first kappa shape index (κ1) is 12.5. The minimum absolute atomic E-state index is 0.0229. The van der Waals surface area contributed by atoms with Gasteiger partial charge in [-0.05, 0) is 23.3 Å². The number of carbonyl (C=O) groups excluding carboxylic acids is 2. The molecule has 0 unspecified atom stereocenters. The van der Waals surface area contributed by atoms with Crippen LogP contribution < -0.4 is 0 Å². The Morgan fingerprint density at radius 2 is 2.10 bits per heavy atom. The van der Waals surface area contributed by atoms with Gasteiger partial charge in [-0.2, -0.15) is 0 Å². The van der Waals surface area contributed by atoms with E-state index in [1.54, 1.807) is 0 Å². The lowest BCUT2D eigenvalue weighted by Crippen LogP contribution is -2.61. The number of ketones is 1. The molecule has 5 nitrogen and oxygen atoms in total. The summed E-state index contributed by atoms with van der Waals surface area (Å²) in [5.74, 6) is -1.14. The summed E-state index contributed by atoms with van der Waals surface area (Å²) in [6, 6.07) is 0. The third kappa shape index (κ3) is 1.13. The van der Waals surface area contributed by atoms with Gasteiger partial charge in [0.25, 0.3) is 0 Å². The summed E-state index contributed by atoms with van der Waals surface area (Å²) in [6.07, 6.45) is 1.38. The van der Waals surface area contributed by atoms with Crippen LogP contribution in [0.5, 0.6) is 0 Å². The van der Waals surface area contributed by atoms with Crippen molar-refractivity contribution in [2.24, 2.45) is 22.7 Å². The molecule has 2 aliphatic heterocycles. The zero-order valence-electron chi connectivity index (χ0n) is 11.6. The van der Waals surface area contributed by atoms with E-state index in [2.05, 4.69) is 6.08 Å². The maximum absolute atomic E-state index is 12.7. The number of allylic oxidation sites excluding steroid dienone is 1. The van der Waals surface area contributed by atoms with Crippen LogP contribution in [0.1, 0.15) is 26.7 Å². The zero-order chi connectivity index (χ0) is 14.3. The molecule has 4 rings (SSSR count). The second-order valence-corrected chi connectivity index (χ2v) is 6.96. The van der Waals surface area contributed by atoms with E-state index in [9.17, 15) is 14.7 Å². The summed E-state index contributed by atoms with van der Waals surface area (Å²) in [7, 11) is 0. The van der Waals surface area contributed by atoms with Gasteiger partial charge >= 0.3 is 5.97 Å². The third-order valence-electron chi connectivity index (χ3n) is 5.90. The number of esters is 1. The van der Waals surface area contributed by atoms with Gasteiger partial charge in [0.05, 0.1) is 18.6 Å². The number of Topliss-reactive ketones (excluding diaryl/α,β-unsaturated/α-hetero) is 1. The van der Waals surface area contributed by atoms with Gasteiger partial charge in [0.1, 0.15) is 5.41 Å². The van der Waals surface area contributed by atoms with Crippen LogP contribution in [0.4, 0.5) is 0 Å². The highest BCUT2D eigenvalue weighted by atomic mass is 16.7. The Kier molecular flexibility index (Phi) is 2.20. The van der Waals surface area contributed by atoms with E-state index < -0.39 is 29.2 Å². The Bertz CT molecular complexity index is 548. The van der Waals surface area contributed by atoms with Crippen LogP contribution in [0, 0.1) is 22.7 Å². The summed E-state index contributed by atoms with van der Waals surface area (Å²) >= 11 is 0. The predicted octanol–water partition coefficient (Wildman–Crippen LogP) is 0.808. The smallest absolute Gasteiger partial charge is 0.323 e. The summed E-state index contributed by atoms with van der Waals surface area (Å²) in [4.78, 5) is 25.2. The lowest BCUT2D eigenvalue weighted by molar-refractivity contribution is -0.175. The van der Waals surface area contributed by atoms with Crippen LogP contribution in [-0.4, -0.2) is 35.9 Å². The SMILES string of the molecule is CC1(C)[C@H](O)CC(=O)[C@]23C(=O)O[C@@H]4OCC(=CC[C@@H]12)[C@@H]43. The van der Waals surface area contributed by atoms with Crippen LogP contribution in [-0.2, 0) is 19.1 Å². The lowest BCUT2D eigenvalue weighted by atomic mass is 9.47. The van der Waals surface area contributed by atoms with Crippen molar-refractivity contribution < 1.29 is 24.2 Å². The first-order chi connectivity index (χ1) is 9.40. The molecule has 1 N–H and O–H groups in total. The molecule has 3 fully saturated rings. The van der Waals surface area contributed by atoms with Gasteiger partial charge in [0, 0.05) is 6.42 Å². The average molecular weight is 278 g/mol. The van der Waals surface area contributed by atoms with Crippen molar-refractivity contribution in [1.29, 1.82) is 0 Å². The van der Waals surface area contributed by atoms with Crippen molar-refractivity contribution >= 4 is 11.8 Å². The molecule has 4 aliphatic rings. The second-order valence-electron chi connectivity index (χ2n) is 6.96. The largest absolute Gasteiger partial charge is 0.434 e. The molecule has 0 amide bonds. The average Bonchev–Trinajstić information content (AvgIpc) is 2.91. The van der Waals surface area contributed by atoms with Gasteiger partial charge in [0.15, 0.2) is 5.78 Å². The van der Waals surface area contributed by atoms with Gasteiger partial charge in [-0.1, -0.05) is 19.9 Å². The minimum atomic E-state index is -1.13. The van der Waals surface area contributed by atoms with Crippen LogP contribution >= 0.6 is 0 Å². The molecule has 1 spiro atoms. The van der Waals surface area contributed by atoms with Crippen LogP contribution in [0.25, 0.3) is 0 Å². The lowest BCUT2D eigenvalue weighted by Gasteiger charge is -2.53. The molecule has 0 bridgehead atoms. The molecule has 0 aromatic rings. The van der Waals surface area contributed by atoms with Crippen LogP contribution in [0.3, 0.4) is 0 Å². The number of carbonyl (C=O) groups is 2. The van der Waals surface area contributed by atoms with E-state index in [4.69, 9.17) is 9.47 Å². The second kappa shape index (κ2) is 3.52. The molecule has 0 radical (unpaired) electrons. The summed E-state index contributed by atoms with van der Waals surface area (Å²) < 4.78 is 10.9. The van der Waals surface area contributed by atoms with Gasteiger partial charge in [-0.25, -0.2) is 0 Å². The zero-order valence-corrected chi connectivity index (χ0v) is 11.6. The molecule has 5 atom stereocenters. The number of hydrogen-bond acceptors (Lipinski definition) is 5. The molecule has 2 aliphatic carbocycles. The maximum atomic E-state index is 12.7. The van der Waals surface area contributed by atoms with E-state index >= 15 is 0 Å². The fraction of sp³-hybridized carbons (Fsp3) is 0.733. The third-order valence-corrected chi connectivity index (χ3v) is 5.90. The van der Waals surface area contributed by atoms with Crippen LogP contribution in [0.2, 0.25) is 0 Å². The van der Waals surface area contributed by atoms with Gasteiger partial charge in [-0.3, -0.25) is 9.59 Å². The highest BCUT2D eigenvalue weighted by Gasteiger charge is 2.74. The summed E-state index contributed by atoms with van der Waals surface area (Å²) in [6.45, 7) is 4.31. The molecule has 1 saturated carbocycles. The fourth-order valence-electron chi connectivity index (χ4n) is 4.69. The topological polar surface area (TPSA) is 72.8 Å². The quantitative estimate of drug-likeness (QED) is 0.403. The van der Waals surface area contributed by atoms with E-state index in [0.717, 1.165) is 5.57 Å². The molecule has 2 heterocycles. The van der Waals surface area contributed by atoms with E-state index in [1.165, 1.54) is 0 Å². The molecule has 0 aromatic carbocycles. The number of ether oxygens (including phenoxy) is 2. The Labute approximate surface area is 116 Å². The number of aliphatic hydroxyl groups is 1. The van der Waals surface area contributed by atoms with Crippen LogP contribution in [0.15, 0.2) is 11.6 Å². The Hall–Kier alpha value is -1.20. The summed E-state index contributed by atoms with van der Waals surface area (Å²) in [5, 5.41) is 10.3. The minimum Gasteiger partial charge on any atom is -0.434 e. The highest BCUT2D eigenvalue weighted by molar-refractivity contribution is 6.07. The fourth-order valence-corrected chi connectivity index (χ4v) is 4.69. The molecular formula is C15H18O5. The molecule has 20 heavy (non-hydrogen) atoms. The molecular weight excluding hydrogens is 260 g/mol. The van der Waals surface area contributed by atoms with Crippen molar-refractivity contribution in [2.45, 2.75) is 39.1 Å². The molecule has 0 aromatic heterocycles. The number of hydrogen-bond donors (Lipinski definition) is 1. The first-order valence-electron chi connectivity index (χ1n) is 7.13. The number of aliphatic hydroxyl groups excluding tert-OH is 1. The Balaban J connectivity index is 1.95. The van der Waals surface area contributed by atoms with Gasteiger partial charge in [0.2, 0.25) is 6.29 Å². The van der Waals surface area contributed by atoms with E-state index in [1.807, 2.05) is 13.8 Å². The highest BCUT2D eigenvalue weighted by Crippen LogP contribution is 2.64. The monoisotopic (exact) mass is 278 g/mol.